The largest absolute Gasteiger partial charge is 0.490 e. The van der Waals surface area contributed by atoms with E-state index in [1.807, 2.05) is 45.9 Å². The van der Waals surface area contributed by atoms with Crippen LogP contribution in [-0.4, -0.2) is 25.4 Å². The van der Waals surface area contributed by atoms with E-state index in [-0.39, 0.29) is 5.60 Å². The van der Waals surface area contributed by atoms with Gasteiger partial charge in [-0.2, -0.15) is 0 Å². The Balaban J connectivity index is 2.62. The molecule has 0 spiro atoms. The number of hydrogen-bond donors (Lipinski definition) is 1. The first-order valence-corrected chi connectivity index (χ1v) is 6.49. The van der Waals surface area contributed by atoms with E-state index in [4.69, 9.17) is 15.2 Å². The third-order valence-corrected chi connectivity index (χ3v) is 2.34. The fraction of sp³-hybridized carbons (Fsp3) is 0.500. The number of aryl methyl sites for hydroxylation is 1. The van der Waals surface area contributed by atoms with Crippen molar-refractivity contribution < 1.29 is 9.47 Å². The molecule has 0 unspecified atom stereocenters. The Kier molecular flexibility index (Phi) is 5.88. The summed E-state index contributed by atoms with van der Waals surface area (Å²) in [6, 6.07) is 5.95. The molecular weight excluding hydrogens is 238 g/mol. The molecule has 0 saturated heterocycles. The molecule has 0 aliphatic rings. The molecule has 0 radical (unpaired) electrons. The fourth-order valence-corrected chi connectivity index (χ4v) is 1.51. The quantitative estimate of drug-likeness (QED) is 0.669. The topological polar surface area (TPSA) is 44.5 Å². The summed E-state index contributed by atoms with van der Waals surface area (Å²) in [7, 11) is 0. The second-order valence-electron chi connectivity index (χ2n) is 5.31. The van der Waals surface area contributed by atoms with Crippen molar-refractivity contribution in [2.45, 2.75) is 33.3 Å². The molecule has 0 saturated carbocycles. The van der Waals surface area contributed by atoms with E-state index in [0.29, 0.717) is 19.8 Å². The lowest BCUT2D eigenvalue weighted by Crippen LogP contribution is -2.22. The van der Waals surface area contributed by atoms with Gasteiger partial charge in [0, 0.05) is 0 Å². The summed E-state index contributed by atoms with van der Waals surface area (Å²) in [6.07, 6.45) is 0. The van der Waals surface area contributed by atoms with Crippen LogP contribution in [0.1, 0.15) is 31.9 Å². The highest BCUT2D eigenvalue weighted by Crippen LogP contribution is 2.19. The molecule has 19 heavy (non-hydrogen) atoms. The van der Waals surface area contributed by atoms with Crippen molar-refractivity contribution in [2.75, 3.05) is 19.8 Å². The SMILES string of the molecule is Cc1ccc(OCCOC(C)(C)C)c(C#CCN)c1. The minimum absolute atomic E-state index is 0.140. The number of ether oxygens (including phenoxy) is 2. The van der Waals surface area contributed by atoms with Crippen molar-refractivity contribution in [3.8, 4) is 17.6 Å². The Bertz CT molecular complexity index is 464. The third kappa shape index (κ3) is 6.28. The van der Waals surface area contributed by atoms with Gasteiger partial charge in [-0.15, -0.1) is 0 Å². The van der Waals surface area contributed by atoms with Crippen molar-refractivity contribution >= 4 is 0 Å². The molecule has 3 nitrogen and oxygen atoms in total. The van der Waals surface area contributed by atoms with Crippen LogP contribution in [0.25, 0.3) is 0 Å². The Labute approximate surface area is 116 Å². The second-order valence-corrected chi connectivity index (χ2v) is 5.31. The molecule has 1 aromatic carbocycles. The van der Waals surface area contributed by atoms with E-state index in [1.165, 1.54) is 0 Å². The first-order valence-electron chi connectivity index (χ1n) is 6.49. The molecule has 0 amide bonds. The fourth-order valence-electron chi connectivity index (χ4n) is 1.51. The molecule has 0 atom stereocenters. The van der Waals surface area contributed by atoms with E-state index in [1.54, 1.807) is 0 Å². The molecule has 104 valence electrons. The predicted molar refractivity (Wildman–Crippen MR) is 78.3 cm³/mol. The number of hydrogen-bond acceptors (Lipinski definition) is 3. The smallest absolute Gasteiger partial charge is 0.135 e. The molecule has 1 aromatic rings. The Morgan fingerprint density at radius 2 is 1.95 bits per heavy atom. The molecule has 0 aliphatic carbocycles. The number of nitrogens with two attached hydrogens (primary N) is 1. The average Bonchev–Trinajstić information content (AvgIpc) is 2.32. The van der Waals surface area contributed by atoms with Gasteiger partial charge in [-0.3, -0.25) is 0 Å². The van der Waals surface area contributed by atoms with Crippen LogP contribution < -0.4 is 10.5 Å². The molecule has 0 aliphatic heterocycles. The minimum atomic E-state index is -0.140. The van der Waals surface area contributed by atoms with E-state index in [0.717, 1.165) is 16.9 Å². The van der Waals surface area contributed by atoms with Crippen molar-refractivity contribution in [1.82, 2.24) is 0 Å². The molecular formula is C16H23NO2. The summed E-state index contributed by atoms with van der Waals surface area (Å²) in [4.78, 5) is 0. The zero-order chi connectivity index (χ0) is 14.3. The van der Waals surface area contributed by atoms with Crippen LogP contribution in [0.5, 0.6) is 5.75 Å². The van der Waals surface area contributed by atoms with Crippen LogP contribution in [0.15, 0.2) is 18.2 Å². The Morgan fingerprint density at radius 1 is 1.21 bits per heavy atom. The van der Waals surface area contributed by atoms with Crippen LogP contribution >= 0.6 is 0 Å². The zero-order valence-electron chi connectivity index (χ0n) is 12.2. The molecule has 0 heterocycles. The normalized spacial score (nSPS) is 10.8. The maximum atomic E-state index is 5.72. The molecule has 1 rings (SSSR count). The first-order chi connectivity index (χ1) is 8.92. The average molecular weight is 261 g/mol. The number of benzene rings is 1. The summed E-state index contributed by atoms with van der Waals surface area (Å²) in [5.74, 6) is 6.66. The van der Waals surface area contributed by atoms with E-state index in [9.17, 15) is 0 Å². The maximum absolute atomic E-state index is 5.72. The van der Waals surface area contributed by atoms with Gasteiger partial charge in [0.15, 0.2) is 0 Å². The second kappa shape index (κ2) is 7.18. The van der Waals surface area contributed by atoms with Gasteiger partial charge in [-0.25, -0.2) is 0 Å². The van der Waals surface area contributed by atoms with Crippen LogP contribution in [0.2, 0.25) is 0 Å². The van der Waals surface area contributed by atoms with Gasteiger partial charge in [-0.05, 0) is 45.4 Å². The monoisotopic (exact) mass is 261 g/mol. The van der Waals surface area contributed by atoms with E-state index >= 15 is 0 Å². The summed E-state index contributed by atoms with van der Waals surface area (Å²) in [5, 5.41) is 0. The zero-order valence-corrected chi connectivity index (χ0v) is 12.2. The van der Waals surface area contributed by atoms with Gasteiger partial charge in [0.25, 0.3) is 0 Å². The summed E-state index contributed by atoms with van der Waals surface area (Å²) in [6.45, 7) is 9.52. The highest BCUT2D eigenvalue weighted by molar-refractivity contribution is 5.48. The highest BCUT2D eigenvalue weighted by atomic mass is 16.5. The molecule has 3 heteroatoms. The minimum Gasteiger partial charge on any atom is -0.490 e. The summed E-state index contributed by atoms with van der Waals surface area (Å²) in [5.41, 5.74) is 7.29. The molecule has 0 bridgehead atoms. The lowest BCUT2D eigenvalue weighted by atomic mass is 10.1. The van der Waals surface area contributed by atoms with Gasteiger partial charge in [0.2, 0.25) is 0 Å². The maximum Gasteiger partial charge on any atom is 0.135 e. The summed E-state index contributed by atoms with van der Waals surface area (Å²) < 4.78 is 11.3. The predicted octanol–water partition coefficient (Wildman–Crippen LogP) is 2.50. The lowest BCUT2D eigenvalue weighted by Gasteiger charge is -2.19. The Hall–Kier alpha value is -1.50. The molecule has 2 N–H and O–H groups in total. The van der Waals surface area contributed by atoms with E-state index < -0.39 is 0 Å². The molecule has 0 aromatic heterocycles. The third-order valence-electron chi connectivity index (χ3n) is 2.34. The van der Waals surface area contributed by atoms with Crippen molar-refractivity contribution in [3.05, 3.63) is 29.3 Å². The van der Waals surface area contributed by atoms with Gasteiger partial charge >= 0.3 is 0 Å². The van der Waals surface area contributed by atoms with Crippen molar-refractivity contribution in [3.63, 3.8) is 0 Å². The van der Waals surface area contributed by atoms with Gasteiger partial charge in [0.05, 0.1) is 24.3 Å². The van der Waals surface area contributed by atoms with Crippen LogP contribution in [0, 0.1) is 18.8 Å². The number of rotatable bonds is 4. The first kappa shape index (κ1) is 15.6. The molecule has 0 fully saturated rings. The van der Waals surface area contributed by atoms with Crippen molar-refractivity contribution in [1.29, 1.82) is 0 Å². The highest BCUT2D eigenvalue weighted by Gasteiger charge is 2.09. The van der Waals surface area contributed by atoms with Crippen LogP contribution in [0.4, 0.5) is 0 Å². The van der Waals surface area contributed by atoms with Crippen molar-refractivity contribution in [2.24, 2.45) is 5.73 Å². The van der Waals surface area contributed by atoms with Gasteiger partial charge in [0.1, 0.15) is 12.4 Å². The Morgan fingerprint density at radius 3 is 2.58 bits per heavy atom. The van der Waals surface area contributed by atoms with Gasteiger partial charge in [-0.1, -0.05) is 17.9 Å². The van der Waals surface area contributed by atoms with Gasteiger partial charge < -0.3 is 15.2 Å². The lowest BCUT2D eigenvalue weighted by molar-refractivity contribution is -0.0163. The van der Waals surface area contributed by atoms with Crippen LogP contribution in [0.3, 0.4) is 0 Å². The standard InChI is InChI=1S/C16H23NO2/c1-13-7-8-15(14(12-13)6-5-9-17)18-10-11-19-16(2,3)4/h7-8,12H,9-11,17H2,1-4H3. The van der Waals surface area contributed by atoms with E-state index in [2.05, 4.69) is 11.8 Å². The summed E-state index contributed by atoms with van der Waals surface area (Å²) >= 11 is 0. The van der Waals surface area contributed by atoms with Crippen LogP contribution in [-0.2, 0) is 4.74 Å².